The van der Waals surface area contributed by atoms with Gasteiger partial charge in [0.25, 0.3) is 0 Å². The van der Waals surface area contributed by atoms with Crippen molar-refractivity contribution in [3.05, 3.63) is 18.2 Å². The molecule has 18 heavy (non-hydrogen) atoms. The summed E-state index contributed by atoms with van der Waals surface area (Å²) in [5.74, 6) is -0.0155. The van der Waals surface area contributed by atoms with Gasteiger partial charge < -0.3 is 21.1 Å². The lowest BCUT2D eigenvalue weighted by molar-refractivity contribution is -0.116. The lowest BCUT2D eigenvalue weighted by Crippen LogP contribution is -2.13. The minimum Gasteiger partial charge on any atom is -0.397 e. The van der Waals surface area contributed by atoms with Crippen LogP contribution in [0, 0.1) is 0 Å². The molecule has 0 unspecified atom stereocenters. The lowest BCUT2D eigenvalue weighted by atomic mass is 10.2. The van der Waals surface area contributed by atoms with Crippen molar-refractivity contribution in [3.63, 3.8) is 0 Å². The predicted octanol–water partition coefficient (Wildman–Crippen LogP) is 2.07. The van der Waals surface area contributed by atoms with Crippen molar-refractivity contribution in [2.24, 2.45) is 0 Å². The Kier molecular flexibility index (Phi) is 6.00. The minimum atomic E-state index is -0.0155. The summed E-state index contributed by atoms with van der Waals surface area (Å²) in [6, 6.07) is 5.48. The highest BCUT2D eigenvalue weighted by Crippen LogP contribution is 2.23. The summed E-state index contributed by atoms with van der Waals surface area (Å²) in [6.07, 6.45) is 1.32. The van der Waals surface area contributed by atoms with Crippen LogP contribution in [0.25, 0.3) is 0 Å². The van der Waals surface area contributed by atoms with Crippen LogP contribution in [-0.2, 0) is 9.53 Å². The molecule has 0 atom stereocenters. The number of nitrogens with one attached hydrogen (secondary N) is 2. The molecule has 0 aliphatic carbocycles. The van der Waals surface area contributed by atoms with Gasteiger partial charge in [-0.25, -0.2) is 0 Å². The van der Waals surface area contributed by atoms with Gasteiger partial charge in [-0.2, -0.15) is 0 Å². The predicted molar refractivity (Wildman–Crippen MR) is 74.8 cm³/mol. The van der Waals surface area contributed by atoms with Gasteiger partial charge in [0.05, 0.1) is 18.0 Å². The Balaban J connectivity index is 2.65. The van der Waals surface area contributed by atoms with Crippen LogP contribution in [0.5, 0.6) is 0 Å². The van der Waals surface area contributed by atoms with E-state index in [1.807, 2.05) is 19.1 Å². The number of ether oxygens (including phenoxy) is 1. The second-order valence-corrected chi connectivity index (χ2v) is 4.02. The van der Waals surface area contributed by atoms with E-state index >= 15 is 0 Å². The van der Waals surface area contributed by atoms with Gasteiger partial charge in [0.15, 0.2) is 0 Å². The van der Waals surface area contributed by atoms with E-state index in [9.17, 15) is 4.79 Å². The summed E-state index contributed by atoms with van der Waals surface area (Å²) in [6.45, 7) is 3.30. The van der Waals surface area contributed by atoms with Gasteiger partial charge in [-0.05, 0) is 24.6 Å². The van der Waals surface area contributed by atoms with Crippen LogP contribution in [-0.4, -0.2) is 26.2 Å². The summed E-state index contributed by atoms with van der Waals surface area (Å²) in [7, 11) is 1.65. The minimum absolute atomic E-state index is 0.0155. The van der Waals surface area contributed by atoms with Gasteiger partial charge in [-0.1, -0.05) is 6.92 Å². The molecular formula is C13H21N3O2. The third-order valence-corrected chi connectivity index (χ3v) is 2.44. The quantitative estimate of drug-likeness (QED) is 0.512. The van der Waals surface area contributed by atoms with Crippen LogP contribution in [0.1, 0.15) is 19.8 Å². The molecule has 0 aliphatic heterocycles. The normalized spacial score (nSPS) is 10.1. The number of rotatable bonds is 7. The molecule has 5 heteroatoms. The van der Waals surface area contributed by atoms with Crippen LogP contribution in [0.2, 0.25) is 0 Å². The lowest BCUT2D eigenvalue weighted by Gasteiger charge is -2.11. The standard InChI is InChI=1S/C13H21N3O2/c1-3-4-13(17)16-12-9-10(5-6-11(12)14)15-7-8-18-2/h5-6,9,15H,3-4,7-8,14H2,1-2H3,(H,16,17). The maximum absolute atomic E-state index is 11.5. The number of benzene rings is 1. The van der Waals surface area contributed by atoms with Crippen molar-refractivity contribution in [1.82, 2.24) is 0 Å². The van der Waals surface area contributed by atoms with E-state index in [1.165, 1.54) is 0 Å². The molecule has 0 bridgehead atoms. The van der Waals surface area contributed by atoms with Crippen LogP contribution in [0.4, 0.5) is 17.1 Å². The van der Waals surface area contributed by atoms with Gasteiger partial charge >= 0.3 is 0 Å². The SMILES string of the molecule is CCCC(=O)Nc1cc(NCCOC)ccc1N. The molecule has 0 saturated carbocycles. The highest BCUT2D eigenvalue weighted by Gasteiger charge is 2.05. The van der Waals surface area contributed by atoms with Crippen molar-refractivity contribution in [1.29, 1.82) is 0 Å². The second kappa shape index (κ2) is 7.55. The maximum Gasteiger partial charge on any atom is 0.224 e. The first-order valence-electron chi connectivity index (χ1n) is 6.09. The fraction of sp³-hybridized carbons (Fsp3) is 0.462. The van der Waals surface area contributed by atoms with Crippen molar-refractivity contribution in [3.8, 4) is 0 Å². The monoisotopic (exact) mass is 251 g/mol. The molecule has 1 rings (SSSR count). The number of nitrogen functional groups attached to an aromatic ring is 1. The van der Waals surface area contributed by atoms with E-state index in [0.29, 0.717) is 30.9 Å². The Hall–Kier alpha value is -1.75. The van der Waals surface area contributed by atoms with Crippen molar-refractivity contribution in [2.75, 3.05) is 36.6 Å². The molecule has 0 spiro atoms. The third-order valence-electron chi connectivity index (χ3n) is 2.44. The number of hydrogen-bond acceptors (Lipinski definition) is 4. The number of hydrogen-bond donors (Lipinski definition) is 3. The van der Waals surface area contributed by atoms with E-state index in [1.54, 1.807) is 13.2 Å². The van der Waals surface area contributed by atoms with E-state index in [0.717, 1.165) is 12.1 Å². The molecule has 0 saturated heterocycles. The Bertz CT molecular complexity index is 394. The number of carbonyl (C=O) groups is 1. The largest absolute Gasteiger partial charge is 0.397 e. The average molecular weight is 251 g/mol. The molecule has 4 N–H and O–H groups in total. The van der Waals surface area contributed by atoms with E-state index in [2.05, 4.69) is 10.6 Å². The highest BCUT2D eigenvalue weighted by molar-refractivity contribution is 5.94. The molecule has 0 aliphatic rings. The highest BCUT2D eigenvalue weighted by atomic mass is 16.5. The fourth-order valence-corrected chi connectivity index (χ4v) is 1.51. The Morgan fingerprint density at radius 3 is 2.89 bits per heavy atom. The number of methoxy groups -OCH3 is 1. The van der Waals surface area contributed by atoms with Crippen molar-refractivity contribution in [2.45, 2.75) is 19.8 Å². The number of anilines is 3. The van der Waals surface area contributed by atoms with Crippen LogP contribution < -0.4 is 16.4 Å². The second-order valence-electron chi connectivity index (χ2n) is 4.02. The zero-order valence-corrected chi connectivity index (χ0v) is 11.0. The molecule has 0 heterocycles. The van der Waals surface area contributed by atoms with Gasteiger partial charge in [0, 0.05) is 25.8 Å². The number of carbonyl (C=O) groups excluding carboxylic acids is 1. The zero-order valence-electron chi connectivity index (χ0n) is 11.0. The molecule has 1 aromatic carbocycles. The van der Waals surface area contributed by atoms with Gasteiger partial charge in [-0.15, -0.1) is 0 Å². The molecule has 0 fully saturated rings. The fourth-order valence-electron chi connectivity index (χ4n) is 1.51. The van der Waals surface area contributed by atoms with E-state index in [4.69, 9.17) is 10.5 Å². The number of nitrogens with two attached hydrogens (primary N) is 1. The Morgan fingerprint density at radius 2 is 2.22 bits per heavy atom. The van der Waals surface area contributed by atoms with Crippen LogP contribution in [0.3, 0.4) is 0 Å². The van der Waals surface area contributed by atoms with E-state index in [-0.39, 0.29) is 5.91 Å². The summed E-state index contributed by atoms with van der Waals surface area (Å²) < 4.78 is 4.96. The molecule has 0 radical (unpaired) electrons. The molecule has 1 amide bonds. The third kappa shape index (κ3) is 4.63. The molecule has 1 aromatic rings. The topological polar surface area (TPSA) is 76.4 Å². The Labute approximate surface area is 108 Å². The summed E-state index contributed by atoms with van der Waals surface area (Å²) >= 11 is 0. The zero-order chi connectivity index (χ0) is 13.4. The molecular weight excluding hydrogens is 230 g/mol. The van der Waals surface area contributed by atoms with Gasteiger partial charge in [0.2, 0.25) is 5.91 Å². The Morgan fingerprint density at radius 1 is 1.44 bits per heavy atom. The van der Waals surface area contributed by atoms with Crippen LogP contribution >= 0.6 is 0 Å². The summed E-state index contributed by atoms with van der Waals surface area (Å²) in [5.41, 5.74) is 7.95. The van der Waals surface area contributed by atoms with Crippen molar-refractivity contribution >= 4 is 23.0 Å². The first-order chi connectivity index (χ1) is 8.67. The van der Waals surface area contributed by atoms with E-state index < -0.39 is 0 Å². The summed E-state index contributed by atoms with van der Waals surface area (Å²) in [4.78, 5) is 11.5. The number of amides is 1. The maximum atomic E-state index is 11.5. The molecule has 100 valence electrons. The summed E-state index contributed by atoms with van der Waals surface area (Å²) in [5, 5.41) is 5.99. The van der Waals surface area contributed by atoms with Crippen LogP contribution in [0.15, 0.2) is 18.2 Å². The first kappa shape index (κ1) is 14.3. The average Bonchev–Trinajstić information content (AvgIpc) is 2.34. The molecule has 5 nitrogen and oxygen atoms in total. The molecule has 0 aromatic heterocycles. The smallest absolute Gasteiger partial charge is 0.224 e. The van der Waals surface area contributed by atoms with Crippen molar-refractivity contribution < 1.29 is 9.53 Å². The first-order valence-corrected chi connectivity index (χ1v) is 6.09. The van der Waals surface area contributed by atoms with Gasteiger partial charge in [0.1, 0.15) is 0 Å². The van der Waals surface area contributed by atoms with Gasteiger partial charge in [-0.3, -0.25) is 4.79 Å².